The second kappa shape index (κ2) is 3.90. The molecule has 1 aromatic rings. The number of benzene rings is 1. The van der Waals surface area contributed by atoms with Gasteiger partial charge in [0, 0.05) is 18.7 Å². The Bertz CT molecular complexity index is 410. The fourth-order valence-electron chi connectivity index (χ4n) is 1.57. The number of halogens is 2. The lowest BCUT2D eigenvalue weighted by Gasteiger charge is -2.16. The second-order valence-electron chi connectivity index (χ2n) is 3.39. The number of nitrogens with zero attached hydrogens (tertiary/aromatic N) is 1. The molecule has 1 atom stereocenters. The molecule has 1 unspecified atom stereocenters. The summed E-state index contributed by atoms with van der Waals surface area (Å²) < 4.78 is 13.3. The number of rotatable bonds is 1. The molecule has 15 heavy (non-hydrogen) atoms. The minimum absolute atomic E-state index is 0.314. The summed E-state index contributed by atoms with van der Waals surface area (Å²) in [6.07, 6.45) is -0.498. The zero-order valence-electron chi connectivity index (χ0n) is 7.78. The molecular weight excluding hydrogens is 265 g/mol. The third-order valence-corrected chi connectivity index (χ3v) is 3.00. The van der Waals surface area contributed by atoms with E-state index >= 15 is 0 Å². The van der Waals surface area contributed by atoms with Gasteiger partial charge in [-0.2, -0.15) is 0 Å². The van der Waals surface area contributed by atoms with Gasteiger partial charge in [0.05, 0.1) is 4.47 Å². The Morgan fingerprint density at radius 1 is 1.53 bits per heavy atom. The van der Waals surface area contributed by atoms with Crippen molar-refractivity contribution in [3.63, 3.8) is 0 Å². The van der Waals surface area contributed by atoms with Crippen molar-refractivity contribution in [1.82, 2.24) is 0 Å². The highest BCUT2D eigenvalue weighted by Gasteiger charge is 2.30. The first-order valence-electron chi connectivity index (χ1n) is 4.54. The summed E-state index contributed by atoms with van der Waals surface area (Å²) >= 11 is 3.05. The van der Waals surface area contributed by atoms with Gasteiger partial charge in [-0.3, -0.25) is 4.79 Å². The SMILES string of the molecule is O=C1C(O)CCN1c1ccc(F)c(Br)c1. The van der Waals surface area contributed by atoms with Crippen molar-refractivity contribution in [3.8, 4) is 0 Å². The molecule has 2 rings (SSSR count). The number of anilines is 1. The standard InChI is InChI=1S/C10H9BrFNO2/c11-7-5-6(1-2-8(7)12)13-4-3-9(14)10(13)15/h1-2,5,9,14H,3-4H2. The van der Waals surface area contributed by atoms with Crippen LogP contribution in [0.15, 0.2) is 22.7 Å². The number of hydrogen-bond acceptors (Lipinski definition) is 2. The summed E-state index contributed by atoms with van der Waals surface area (Å²) in [5.41, 5.74) is 0.602. The van der Waals surface area contributed by atoms with Crippen LogP contribution in [0.3, 0.4) is 0 Å². The maximum absolute atomic E-state index is 13.0. The number of carbonyl (C=O) groups excluding carboxylic acids is 1. The second-order valence-corrected chi connectivity index (χ2v) is 4.25. The van der Waals surface area contributed by atoms with Gasteiger partial charge in [0.25, 0.3) is 5.91 Å². The highest BCUT2D eigenvalue weighted by atomic mass is 79.9. The highest BCUT2D eigenvalue weighted by Crippen LogP contribution is 2.26. The fraction of sp³-hybridized carbons (Fsp3) is 0.300. The number of aliphatic hydroxyl groups is 1. The largest absolute Gasteiger partial charge is 0.383 e. The molecule has 1 aromatic carbocycles. The summed E-state index contributed by atoms with van der Waals surface area (Å²) in [5, 5.41) is 9.28. The minimum atomic E-state index is -0.922. The smallest absolute Gasteiger partial charge is 0.255 e. The summed E-state index contributed by atoms with van der Waals surface area (Å²) in [5.74, 6) is -0.695. The zero-order chi connectivity index (χ0) is 11.0. The predicted octanol–water partition coefficient (Wildman–Crippen LogP) is 1.69. The maximum atomic E-state index is 13.0. The van der Waals surface area contributed by atoms with Crippen LogP contribution >= 0.6 is 15.9 Å². The fourth-order valence-corrected chi connectivity index (χ4v) is 1.94. The Hall–Kier alpha value is -0.940. The number of amides is 1. The first kappa shape index (κ1) is 10.6. The lowest BCUT2D eigenvalue weighted by atomic mass is 10.3. The lowest BCUT2D eigenvalue weighted by Crippen LogP contribution is -2.29. The van der Waals surface area contributed by atoms with E-state index in [-0.39, 0.29) is 11.7 Å². The molecule has 1 N–H and O–H groups in total. The molecule has 1 saturated heterocycles. The van der Waals surface area contributed by atoms with E-state index in [1.54, 1.807) is 0 Å². The van der Waals surface area contributed by atoms with E-state index in [9.17, 15) is 14.3 Å². The van der Waals surface area contributed by atoms with Crippen molar-refractivity contribution >= 4 is 27.5 Å². The van der Waals surface area contributed by atoms with Crippen molar-refractivity contribution < 1.29 is 14.3 Å². The van der Waals surface area contributed by atoms with E-state index in [1.807, 2.05) is 0 Å². The van der Waals surface area contributed by atoms with Gasteiger partial charge < -0.3 is 10.0 Å². The molecular formula is C10H9BrFNO2. The van der Waals surface area contributed by atoms with Gasteiger partial charge >= 0.3 is 0 Å². The van der Waals surface area contributed by atoms with Crippen molar-refractivity contribution in [2.24, 2.45) is 0 Å². The van der Waals surface area contributed by atoms with Gasteiger partial charge in [-0.1, -0.05) is 0 Å². The third-order valence-electron chi connectivity index (χ3n) is 2.39. The van der Waals surface area contributed by atoms with Gasteiger partial charge in [-0.25, -0.2) is 4.39 Å². The predicted molar refractivity (Wildman–Crippen MR) is 57.1 cm³/mol. The maximum Gasteiger partial charge on any atom is 0.255 e. The number of aliphatic hydroxyl groups excluding tert-OH is 1. The molecule has 3 nitrogen and oxygen atoms in total. The summed E-state index contributed by atoms with van der Waals surface area (Å²) in [6, 6.07) is 4.35. The summed E-state index contributed by atoms with van der Waals surface area (Å²) in [6.45, 7) is 0.470. The van der Waals surface area contributed by atoms with Crippen LogP contribution in [0.2, 0.25) is 0 Å². The van der Waals surface area contributed by atoms with E-state index in [4.69, 9.17) is 0 Å². The topological polar surface area (TPSA) is 40.5 Å². The van der Waals surface area contributed by atoms with E-state index in [0.29, 0.717) is 23.1 Å². The molecule has 0 aromatic heterocycles. The molecule has 0 bridgehead atoms. The van der Waals surface area contributed by atoms with Crippen LogP contribution in [0.25, 0.3) is 0 Å². The van der Waals surface area contributed by atoms with Crippen molar-refractivity contribution in [2.75, 3.05) is 11.4 Å². The van der Waals surface area contributed by atoms with Crippen LogP contribution < -0.4 is 4.90 Å². The Morgan fingerprint density at radius 2 is 2.27 bits per heavy atom. The van der Waals surface area contributed by atoms with Crippen molar-refractivity contribution in [3.05, 3.63) is 28.5 Å². The molecule has 1 amide bonds. The van der Waals surface area contributed by atoms with Crippen LogP contribution in [-0.2, 0) is 4.79 Å². The molecule has 0 radical (unpaired) electrons. The van der Waals surface area contributed by atoms with Gasteiger partial charge in [0.15, 0.2) is 0 Å². The molecule has 0 saturated carbocycles. The van der Waals surface area contributed by atoms with Crippen LogP contribution in [0.1, 0.15) is 6.42 Å². The lowest BCUT2D eigenvalue weighted by molar-refractivity contribution is -0.123. The third kappa shape index (κ3) is 1.89. The summed E-state index contributed by atoms with van der Waals surface area (Å²) in [7, 11) is 0. The van der Waals surface area contributed by atoms with Crippen molar-refractivity contribution in [1.29, 1.82) is 0 Å². The van der Waals surface area contributed by atoms with Gasteiger partial charge in [0.2, 0.25) is 0 Å². The van der Waals surface area contributed by atoms with Gasteiger partial charge in [0.1, 0.15) is 11.9 Å². The number of hydrogen-bond donors (Lipinski definition) is 1. The molecule has 0 aliphatic carbocycles. The average Bonchev–Trinajstić information content (AvgIpc) is 2.53. The molecule has 1 aliphatic heterocycles. The molecule has 1 heterocycles. The van der Waals surface area contributed by atoms with E-state index < -0.39 is 6.10 Å². The van der Waals surface area contributed by atoms with Gasteiger partial charge in [-0.15, -0.1) is 0 Å². The Kier molecular flexibility index (Phi) is 2.75. The number of carbonyl (C=O) groups is 1. The minimum Gasteiger partial charge on any atom is -0.383 e. The highest BCUT2D eigenvalue weighted by molar-refractivity contribution is 9.10. The molecule has 5 heteroatoms. The van der Waals surface area contributed by atoms with E-state index in [1.165, 1.54) is 23.1 Å². The Morgan fingerprint density at radius 3 is 2.80 bits per heavy atom. The van der Waals surface area contributed by atoms with Crippen LogP contribution in [-0.4, -0.2) is 23.7 Å². The molecule has 0 spiro atoms. The van der Waals surface area contributed by atoms with Crippen LogP contribution in [0.5, 0.6) is 0 Å². The molecule has 1 aliphatic rings. The molecule has 80 valence electrons. The zero-order valence-corrected chi connectivity index (χ0v) is 9.37. The normalized spacial score (nSPS) is 21.1. The first-order valence-corrected chi connectivity index (χ1v) is 5.33. The van der Waals surface area contributed by atoms with Crippen LogP contribution in [0, 0.1) is 5.82 Å². The van der Waals surface area contributed by atoms with Crippen molar-refractivity contribution in [2.45, 2.75) is 12.5 Å². The first-order chi connectivity index (χ1) is 7.09. The van der Waals surface area contributed by atoms with E-state index in [0.717, 1.165) is 0 Å². The van der Waals surface area contributed by atoms with E-state index in [2.05, 4.69) is 15.9 Å². The summed E-state index contributed by atoms with van der Waals surface area (Å²) in [4.78, 5) is 12.9. The van der Waals surface area contributed by atoms with Gasteiger partial charge in [-0.05, 0) is 34.1 Å². The Balaban J connectivity index is 2.31. The van der Waals surface area contributed by atoms with Crippen LogP contribution in [0.4, 0.5) is 10.1 Å². The monoisotopic (exact) mass is 273 g/mol. The quantitative estimate of drug-likeness (QED) is 0.846. The Labute approximate surface area is 94.6 Å². The molecule has 1 fully saturated rings. The average molecular weight is 274 g/mol.